The van der Waals surface area contributed by atoms with Crippen molar-refractivity contribution in [2.75, 3.05) is 26.1 Å². The maximum absolute atomic E-state index is 5.24. The summed E-state index contributed by atoms with van der Waals surface area (Å²) in [6.45, 7) is 11.7. The number of aryl methyl sites for hydroxylation is 1. The van der Waals surface area contributed by atoms with Gasteiger partial charge in [0, 0.05) is 38.4 Å². The lowest BCUT2D eigenvalue weighted by Crippen LogP contribution is -2.24. The lowest BCUT2D eigenvalue weighted by Gasteiger charge is -2.26. The van der Waals surface area contributed by atoms with Crippen LogP contribution in [0.5, 0.6) is 0 Å². The molecule has 23 heavy (non-hydrogen) atoms. The summed E-state index contributed by atoms with van der Waals surface area (Å²) in [5.41, 5.74) is 1.19. The zero-order valence-electron chi connectivity index (χ0n) is 15.8. The van der Waals surface area contributed by atoms with Gasteiger partial charge in [0.2, 0.25) is 0 Å². The van der Waals surface area contributed by atoms with Crippen molar-refractivity contribution in [1.82, 2.24) is 9.97 Å². The van der Waals surface area contributed by atoms with Crippen molar-refractivity contribution in [2.45, 2.75) is 66.1 Å². The summed E-state index contributed by atoms with van der Waals surface area (Å²) in [4.78, 5) is 9.10. The maximum Gasteiger partial charge on any atom is 0.156 e. The fourth-order valence-corrected chi connectivity index (χ4v) is 2.44. The zero-order valence-corrected chi connectivity index (χ0v) is 15.8. The molecule has 0 unspecified atom stereocenters. The van der Waals surface area contributed by atoms with Crippen LogP contribution in [0.3, 0.4) is 0 Å². The highest BCUT2D eigenvalue weighted by Gasteiger charge is 2.19. The molecule has 1 heterocycles. The third kappa shape index (κ3) is 7.27. The number of nitrogens with one attached hydrogen (secondary N) is 1. The molecule has 0 saturated carbocycles. The average molecular weight is 323 g/mol. The molecule has 0 bridgehead atoms. The van der Waals surface area contributed by atoms with Crippen LogP contribution >= 0.6 is 0 Å². The van der Waals surface area contributed by atoms with Crippen LogP contribution in [0.4, 0.5) is 5.82 Å². The van der Waals surface area contributed by atoms with Crippen LogP contribution in [-0.2, 0) is 9.47 Å². The molecule has 0 radical (unpaired) electrons. The van der Waals surface area contributed by atoms with Crippen LogP contribution in [0.1, 0.15) is 64.4 Å². The topological polar surface area (TPSA) is 56.3 Å². The SMILES string of the molecule is COC(CCCC(C)(C)CNc1cc(C)nc(C(C)C)n1)OC. The van der Waals surface area contributed by atoms with Crippen molar-refractivity contribution >= 4 is 5.82 Å². The molecule has 1 aromatic rings. The fourth-order valence-electron chi connectivity index (χ4n) is 2.44. The number of hydrogen-bond donors (Lipinski definition) is 1. The van der Waals surface area contributed by atoms with Gasteiger partial charge in [-0.1, -0.05) is 27.7 Å². The van der Waals surface area contributed by atoms with E-state index in [1.54, 1.807) is 14.2 Å². The van der Waals surface area contributed by atoms with Gasteiger partial charge >= 0.3 is 0 Å². The average Bonchev–Trinajstić information content (AvgIpc) is 2.49. The third-order valence-electron chi connectivity index (χ3n) is 3.96. The van der Waals surface area contributed by atoms with E-state index in [1.165, 1.54) is 0 Å². The molecule has 0 amide bonds. The molecule has 1 N–H and O–H groups in total. The molecule has 0 saturated heterocycles. The standard InChI is InChI=1S/C18H33N3O2/c1-13(2)17-20-14(3)11-15(21-17)19-12-18(4,5)10-8-9-16(22-6)23-7/h11,13,16H,8-10,12H2,1-7H3,(H,19,20,21). The van der Waals surface area contributed by atoms with E-state index < -0.39 is 0 Å². The van der Waals surface area contributed by atoms with Gasteiger partial charge in [-0.05, 0) is 31.6 Å². The molecule has 0 aromatic carbocycles. The Balaban J connectivity index is 2.52. The van der Waals surface area contributed by atoms with Crippen molar-refractivity contribution in [3.8, 4) is 0 Å². The van der Waals surface area contributed by atoms with Crippen molar-refractivity contribution in [2.24, 2.45) is 5.41 Å². The summed E-state index contributed by atoms with van der Waals surface area (Å²) in [6, 6.07) is 2.01. The van der Waals surface area contributed by atoms with Gasteiger partial charge < -0.3 is 14.8 Å². The molecule has 0 aliphatic rings. The molecule has 1 rings (SSSR count). The van der Waals surface area contributed by atoms with E-state index >= 15 is 0 Å². The first-order valence-corrected chi connectivity index (χ1v) is 8.42. The molecular formula is C18H33N3O2. The van der Waals surface area contributed by atoms with Gasteiger partial charge in [-0.2, -0.15) is 0 Å². The van der Waals surface area contributed by atoms with Crippen molar-refractivity contribution in [3.05, 3.63) is 17.6 Å². The second-order valence-corrected chi connectivity index (χ2v) is 7.22. The maximum atomic E-state index is 5.24. The lowest BCUT2D eigenvalue weighted by molar-refractivity contribution is -0.107. The Morgan fingerprint density at radius 2 is 1.83 bits per heavy atom. The van der Waals surface area contributed by atoms with Crippen molar-refractivity contribution < 1.29 is 9.47 Å². The Morgan fingerprint density at radius 1 is 1.17 bits per heavy atom. The van der Waals surface area contributed by atoms with Crippen LogP contribution < -0.4 is 5.32 Å². The third-order valence-corrected chi connectivity index (χ3v) is 3.96. The Labute approximate surface area is 141 Å². The van der Waals surface area contributed by atoms with Gasteiger partial charge in [0.15, 0.2) is 6.29 Å². The number of hydrogen-bond acceptors (Lipinski definition) is 5. The Hall–Kier alpha value is -1.20. The molecule has 0 atom stereocenters. The Kier molecular flexibility index (Phi) is 7.92. The molecule has 1 aromatic heterocycles. The van der Waals surface area contributed by atoms with Gasteiger partial charge in [-0.3, -0.25) is 0 Å². The molecular weight excluding hydrogens is 290 g/mol. The molecule has 5 heteroatoms. The highest BCUT2D eigenvalue weighted by molar-refractivity contribution is 5.36. The van der Waals surface area contributed by atoms with E-state index in [0.717, 1.165) is 43.1 Å². The first-order valence-electron chi connectivity index (χ1n) is 8.42. The summed E-state index contributed by atoms with van der Waals surface area (Å²) in [5.74, 6) is 2.15. The molecule has 0 aliphatic carbocycles. The van der Waals surface area contributed by atoms with Crippen LogP contribution in [0.25, 0.3) is 0 Å². The van der Waals surface area contributed by atoms with Crippen LogP contribution in [0, 0.1) is 12.3 Å². The number of aromatic nitrogens is 2. The van der Waals surface area contributed by atoms with Crippen LogP contribution in [-0.4, -0.2) is 37.0 Å². The van der Waals surface area contributed by atoms with Gasteiger partial charge in [0.1, 0.15) is 11.6 Å². The Bertz CT molecular complexity index is 471. The summed E-state index contributed by atoms with van der Waals surface area (Å²) in [5, 5.41) is 3.47. The van der Waals surface area contributed by atoms with E-state index in [0.29, 0.717) is 5.92 Å². The summed E-state index contributed by atoms with van der Waals surface area (Å²) < 4.78 is 10.5. The van der Waals surface area contributed by atoms with E-state index in [-0.39, 0.29) is 11.7 Å². The van der Waals surface area contributed by atoms with Gasteiger partial charge in [0.25, 0.3) is 0 Å². The zero-order chi connectivity index (χ0) is 17.5. The minimum Gasteiger partial charge on any atom is -0.369 e. The minimum atomic E-state index is -0.100. The smallest absolute Gasteiger partial charge is 0.156 e. The van der Waals surface area contributed by atoms with E-state index in [4.69, 9.17) is 9.47 Å². The monoisotopic (exact) mass is 323 g/mol. The first kappa shape index (κ1) is 19.8. The van der Waals surface area contributed by atoms with E-state index in [1.807, 2.05) is 13.0 Å². The quantitative estimate of drug-likeness (QED) is 0.656. The number of methoxy groups -OCH3 is 2. The fraction of sp³-hybridized carbons (Fsp3) is 0.778. The van der Waals surface area contributed by atoms with Crippen LogP contribution in [0.15, 0.2) is 6.07 Å². The Morgan fingerprint density at radius 3 is 2.39 bits per heavy atom. The predicted molar refractivity (Wildman–Crippen MR) is 94.8 cm³/mol. The number of anilines is 1. The first-order chi connectivity index (χ1) is 10.8. The molecule has 0 aliphatic heterocycles. The van der Waals surface area contributed by atoms with Gasteiger partial charge in [-0.25, -0.2) is 9.97 Å². The van der Waals surface area contributed by atoms with Gasteiger partial charge in [0.05, 0.1) is 0 Å². The second-order valence-electron chi connectivity index (χ2n) is 7.22. The number of rotatable bonds is 10. The highest BCUT2D eigenvalue weighted by Crippen LogP contribution is 2.25. The highest BCUT2D eigenvalue weighted by atomic mass is 16.7. The number of nitrogens with zero attached hydrogens (tertiary/aromatic N) is 2. The summed E-state index contributed by atoms with van der Waals surface area (Å²) in [6.07, 6.45) is 2.99. The molecule has 132 valence electrons. The number of ether oxygens (including phenoxy) is 2. The second kappa shape index (κ2) is 9.18. The van der Waals surface area contributed by atoms with Gasteiger partial charge in [-0.15, -0.1) is 0 Å². The van der Waals surface area contributed by atoms with E-state index in [9.17, 15) is 0 Å². The lowest BCUT2D eigenvalue weighted by atomic mass is 9.87. The van der Waals surface area contributed by atoms with Crippen molar-refractivity contribution in [3.63, 3.8) is 0 Å². The molecule has 0 spiro atoms. The largest absolute Gasteiger partial charge is 0.369 e. The minimum absolute atomic E-state index is 0.100. The summed E-state index contributed by atoms with van der Waals surface area (Å²) in [7, 11) is 3.37. The molecule has 5 nitrogen and oxygen atoms in total. The van der Waals surface area contributed by atoms with E-state index in [2.05, 4.69) is 43.0 Å². The summed E-state index contributed by atoms with van der Waals surface area (Å²) >= 11 is 0. The predicted octanol–water partition coefficient (Wildman–Crippen LogP) is 4.14. The van der Waals surface area contributed by atoms with Crippen LogP contribution in [0.2, 0.25) is 0 Å². The normalized spacial score (nSPS) is 12.2. The van der Waals surface area contributed by atoms with Crippen molar-refractivity contribution in [1.29, 1.82) is 0 Å². The molecule has 0 fully saturated rings.